The molecule has 0 unspecified atom stereocenters. The maximum Gasteiger partial charge on any atom is 0.225 e. The Balaban J connectivity index is 1.66. The number of rotatable bonds is 4. The van der Waals surface area contributed by atoms with E-state index in [0.29, 0.717) is 6.42 Å². The normalized spacial score (nSPS) is 15.6. The van der Waals surface area contributed by atoms with E-state index >= 15 is 0 Å². The van der Waals surface area contributed by atoms with E-state index in [-0.39, 0.29) is 11.4 Å². The van der Waals surface area contributed by atoms with Gasteiger partial charge in [-0.1, -0.05) is 42.5 Å². The molecule has 1 fully saturated rings. The van der Waals surface area contributed by atoms with Gasteiger partial charge in [-0.25, -0.2) is 0 Å². The Morgan fingerprint density at radius 3 is 2.30 bits per heavy atom. The number of hydrogen-bond acceptors (Lipinski definition) is 2. The number of nitrogen functional groups attached to an aromatic ring is 1. The number of nitrogens with two attached hydrogens (primary N) is 1. The molecule has 102 valence electrons. The van der Waals surface area contributed by atoms with E-state index < -0.39 is 0 Å². The lowest BCUT2D eigenvalue weighted by Crippen LogP contribution is -2.35. The Morgan fingerprint density at radius 1 is 1.05 bits per heavy atom. The van der Waals surface area contributed by atoms with E-state index in [4.69, 9.17) is 5.73 Å². The Morgan fingerprint density at radius 2 is 1.70 bits per heavy atom. The predicted molar refractivity (Wildman–Crippen MR) is 80.1 cm³/mol. The van der Waals surface area contributed by atoms with Gasteiger partial charge in [0.05, 0.1) is 12.0 Å². The topological polar surface area (TPSA) is 55.1 Å². The molecule has 0 heterocycles. The van der Waals surface area contributed by atoms with Crippen LogP contribution in [0.25, 0.3) is 0 Å². The van der Waals surface area contributed by atoms with E-state index in [1.807, 2.05) is 42.5 Å². The standard InChI is InChI=1S/C17H18N2O/c18-15-8-6-13(7-9-15)12-16(20)19-17(10-11-17)14-4-2-1-3-5-14/h1-9H,10-12,18H2,(H,19,20). The van der Waals surface area contributed by atoms with Gasteiger partial charge < -0.3 is 11.1 Å². The van der Waals surface area contributed by atoms with Gasteiger partial charge in [0.25, 0.3) is 0 Å². The van der Waals surface area contributed by atoms with Crippen molar-refractivity contribution in [3.63, 3.8) is 0 Å². The molecule has 0 spiro atoms. The van der Waals surface area contributed by atoms with Crippen molar-refractivity contribution in [1.82, 2.24) is 5.32 Å². The molecule has 0 atom stereocenters. The van der Waals surface area contributed by atoms with Crippen LogP contribution in [0, 0.1) is 0 Å². The fraction of sp³-hybridized carbons (Fsp3) is 0.235. The zero-order chi connectivity index (χ0) is 14.0. The minimum absolute atomic E-state index is 0.0659. The van der Waals surface area contributed by atoms with Crippen LogP contribution in [0.4, 0.5) is 5.69 Å². The zero-order valence-corrected chi connectivity index (χ0v) is 11.3. The van der Waals surface area contributed by atoms with Crippen molar-refractivity contribution in [1.29, 1.82) is 0 Å². The zero-order valence-electron chi connectivity index (χ0n) is 11.3. The van der Waals surface area contributed by atoms with Gasteiger partial charge >= 0.3 is 0 Å². The van der Waals surface area contributed by atoms with Crippen molar-refractivity contribution in [3.8, 4) is 0 Å². The highest BCUT2D eigenvalue weighted by molar-refractivity contribution is 5.80. The van der Waals surface area contributed by atoms with Crippen LogP contribution in [-0.2, 0) is 16.8 Å². The molecule has 2 aromatic rings. The number of anilines is 1. The largest absolute Gasteiger partial charge is 0.399 e. The van der Waals surface area contributed by atoms with Crippen LogP contribution in [0.1, 0.15) is 24.0 Å². The van der Waals surface area contributed by atoms with Gasteiger partial charge in [-0.05, 0) is 36.1 Å². The Hall–Kier alpha value is -2.29. The molecule has 0 saturated heterocycles. The number of carbonyl (C=O) groups excluding carboxylic acids is 1. The summed E-state index contributed by atoms with van der Waals surface area (Å²) in [6, 6.07) is 17.6. The summed E-state index contributed by atoms with van der Waals surface area (Å²) < 4.78 is 0. The molecule has 2 aromatic carbocycles. The molecule has 1 aliphatic rings. The van der Waals surface area contributed by atoms with E-state index in [2.05, 4.69) is 17.4 Å². The summed E-state index contributed by atoms with van der Waals surface area (Å²) in [7, 11) is 0. The van der Waals surface area contributed by atoms with Gasteiger partial charge in [0.1, 0.15) is 0 Å². The molecule has 1 saturated carbocycles. The van der Waals surface area contributed by atoms with Crippen molar-refractivity contribution >= 4 is 11.6 Å². The minimum atomic E-state index is -0.133. The summed E-state index contributed by atoms with van der Waals surface area (Å²) in [6.45, 7) is 0. The smallest absolute Gasteiger partial charge is 0.225 e. The quantitative estimate of drug-likeness (QED) is 0.836. The molecule has 0 bridgehead atoms. The average molecular weight is 266 g/mol. The van der Waals surface area contributed by atoms with E-state index in [0.717, 1.165) is 24.1 Å². The van der Waals surface area contributed by atoms with Crippen LogP contribution in [0.2, 0.25) is 0 Å². The van der Waals surface area contributed by atoms with Crippen LogP contribution >= 0.6 is 0 Å². The molecule has 1 aliphatic carbocycles. The summed E-state index contributed by atoms with van der Waals surface area (Å²) in [5, 5.41) is 3.18. The first kappa shape index (κ1) is 12.7. The van der Waals surface area contributed by atoms with Crippen molar-refractivity contribution in [2.45, 2.75) is 24.8 Å². The SMILES string of the molecule is Nc1ccc(CC(=O)NC2(c3ccccc3)CC2)cc1. The minimum Gasteiger partial charge on any atom is -0.399 e. The maximum absolute atomic E-state index is 12.2. The van der Waals surface area contributed by atoms with Gasteiger partial charge in [0, 0.05) is 5.69 Å². The summed E-state index contributed by atoms with van der Waals surface area (Å²) in [5.74, 6) is 0.0659. The fourth-order valence-electron chi connectivity index (χ4n) is 2.50. The van der Waals surface area contributed by atoms with Crippen molar-refractivity contribution < 1.29 is 4.79 Å². The summed E-state index contributed by atoms with van der Waals surface area (Å²) in [5.41, 5.74) is 8.42. The van der Waals surface area contributed by atoms with Crippen LogP contribution < -0.4 is 11.1 Å². The molecule has 3 heteroatoms. The number of nitrogens with one attached hydrogen (secondary N) is 1. The first-order chi connectivity index (χ1) is 9.68. The molecule has 0 radical (unpaired) electrons. The molecular formula is C17H18N2O. The second kappa shape index (κ2) is 5.00. The third-order valence-corrected chi connectivity index (χ3v) is 3.80. The maximum atomic E-state index is 12.2. The summed E-state index contributed by atoms with van der Waals surface area (Å²) in [6.07, 6.45) is 2.43. The average Bonchev–Trinajstić information content (AvgIpc) is 3.23. The Kier molecular flexibility index (Phi) is 3.18. The van der Waals surface area contributed by atoms with E-state index in [1.165, 1.54) is 5.56 Å². The first-order valence-corrected chi connectivity index (χ1v) is 6.89. The summed E-state index contributed by atoms with van der Waals surface area (Å²) >= 11 is 0. The van der Waals surface area contributed by atoms with Crippen LogP contribution in [0.3, 0.4) is 0 Å². The molecule has 1 amide bonds. The van der Waals surface area contributed by atoms with Gasteiger partial charge in [-0.3, -0.25) is 4.79 Å². The van der Waals surface area contributed by atoms with Crippen LogP contribution in [-0.4, -0.2) is 5.91 Å². The lowest BCUT2D eigenvalue weighted by Gasteiger charge is -2.18. The highest BCUT2D eigenvalue weighted by atomic mass is 16.1. The number of amides is 1. The van der Waals surface area contributed by atoms with E-state index in [1.54, 1.807) is 0 Å². The highest BCUT2D eigenvalue weighted by Crippen LogP contribution is 2.45. The second-order valence-electron chi connectivity index (χ2n) is 5.41. The lowest BCUT2D eigenvalue weighted by atomic mass is 10.0. The number of carbonyl (C=O) groups is 1. The molecule has 3 rings (SSSR count). The van der Waals surface area contributed by atoms with Crippen molar-refractivity contribution in [2.24, 2.45) is 0 Å². The fourth-order valence-corrected chi connectivity index (χ4v) is 2.50. The third-order valence-electron chi connectivity index (χ3n) is 3.80. The van der Waals surface area contributed by atoms with Crippen molar-refractivity contribution in [2.75, 3.05) is 5.73 Å². The highest BCUT2D eigenvalue weighted by Gasteiger charge is 2.45. The first-order valence-electron chi connectivity index (χ1n) is 6.89. The monoisotopic (exact) mass is 266 g/mol. The number of hydrogen-bond donors (Lipinski definition) is 2. The lowest BCUT2D eigenvalue weighted by molar-refractivity contribution is -0.121. The van der Waals surface area contributed by atoms with Crippen LogP contribution in [0.5, 0.6) is 0 Å². The van der Waals surface area contributed by atoms with Gasteiger partial charge in [-0.2, -0.15) is 0 Å². The van der Waals surface area contributed by atoms with Crippen molar-refractivity contribution in [3.05, 3.63) is 65.7 Å². The Labute approximate surface area is 118 Å². The molecule has 0 aromatic heterocycles. The van der Waals surface area contributed by atoms with E-state index in [9.17, 15) is 4.79 Å². The molecule has 20 heavy (non-hydrogen) atoms. The molecular weight excluding hydrogens is 248 g/mol. The van der Waals surface area contributed by atoms with Gasteiger partial charge in [0.2, 0.25) is 5.91 Å². The number of benzene rings is 2. The van der Waals surface area contributed by atoms with Crippen LogP contribution in [0.15, 0.2) is 54.6 Å². The molecule has 3 nitrogen and oxygen atoms in total. The third kappa shape index (κ3) is 2.67. The predicted octanol–water partition coefficient (Wildman–Crippen LogP) is 2.62. The van der Waals surface area contributed by atoms with Gasteiger partial charge in [-0.15, -0.1) is 0 Å². The molecule has 0 aliphatic heterocycles. The van der Waals surface area contributed by atoms with Gasteiger partial charge in [0.15, 0.2) is 0 Å². The summed E-state index contributed by atoms with van der Waals surface area (Å²) in [4.78, 5) is 12.2. The Bertz CT molecular complexity index is 601. The molecule has 3 N–H and O–H groups in total. The second-order valence-corrected chi connectivity index (χ2v) is 5.41.